The molecule has 1 saturated carbocycles. The third kappa shape index (κ3) is 3.43. The Morgan fingerprint density at radius 1 is 1.50 bits per heavy atom. The van der Waals surface area contributed by atoms with Crippen LogP contribution in [0.3, 0.4) is 0 Å². The minimum atomic E-state index is -1.02. The van der Waals surface area contributed by atoms with E-state index in [2.05, 4.69) is 15.9 Å². The molecule has 1 aromatic carbocycles. The van der Waals surface area contributed by atoms with Gasteiger partial charge in [-0.3, -0.25) is 4.79 Å². The summed E-state index contributed by atoms with van der Waals surface area (Å²) in [6.07, 6.45) is 3.74. The SMILES string of the molecule is COc1cc(Br)c(CC(N)C(=O)O)cc1OC1CCC1. The Bertz CT molecular complexity index is 502. The molecule has 6 heteroatoms. The second kappa shape index (κ2) is 6.45. The van der Waals surface area contributed by atoms with Crippen LogP contribution < -0.4 is 15.2 Å². The van der Waals surface area contributed by atoms with Crippen LogP contribution in [0.5, 0.6) is 11.5 Å². The number of hydrogen-bond donors (Lipinski definition) is 2. The highest BCUT2D eigenvalue weighted by atomic mass is 79.9. The summed E-state index contributed by atoms with van der Waals surface area (Å²) in [7, 11) is 1.58. The summed E-state index contributed by atoms with van der Waals surface area (Å²) in [6.45, 7) is 0. The molecule has 1 atom stereocenters. The van der Waals surface area contributed by atoms with Crippen molar-refractivity contribution >= 4 is 21.9 Å². The minimum absolute atomic E-state index is 0.228. The molecule has 0 amide bonds. The van der Waals surface area contributed by atoms with E-state index in [9.17, 15) is 4.79 Å². The standard InChI is InChI=1S/C14H18BrNO4/c1-19-12-7-10(15)8(5-11(16)14(17)18)6-13(12)20-9-3-2-4-9/h6-7,9,11H,2-5,16H2,1H3,(H,17,18). The van der Waals surface area contributed by atoms with Gasteiger partial charge >= 0.3 is 5.97 Å². The van der Waals surface area contributed by atoms with Crippen molar-refractivity contribution in [1.82, 2.24) is 0 Å². The molecule has 1 aliphatic rings. The molecule has 0 aromatic heterocycles. The van der Waals surface area contributed by atoms with Crippen LogP contribution >= 0.6 is 15.9 Å². The van der Waals surface area contributed by atoms with Crippen molar-refractivity contribution in [3.63, 3.8) is 0 Å². The Kier molecular flexibility index (Phi) is 4.88. The van der Waals surface area contributed by atoms with E-state index in [1.54, 1.807) is 13.2 Å². The summed E-state index contributed by atoms with van der Waals surface area (Å²) in [5.74, 6) is 0.263. The number of nitrogens with two attached hydrogens (primary N) is 1. The number of ether oxygens (including phenoxy) is 2. The van der Waals surface area contributed by atoms with Gasteiger partial charge in [-0.05, 0) is 43.4 Å². The molecule has 0 saturated heterocycles. The number of hydrogen-bond acceptors (Lipinski definition) is 4. The molecule has 0 bridgehead atoms. The van der Waals surface area contributed by atoms with Gasteiger partial charge in [0.15, 0.2) is 11.5 Å². The third-order valence-electron chi connectivity index (χ3n) is 3.44. The molecule has 1 aliphatic carbocycles. The van der Waals surface area contributed by atoms with Crippen LogP contribution in [0, 0.1) is 0 Å². The maximum Gasteiger partial charge on any atom is 0.320 e. The second-order valence-electron chi connectivity index (χ2n) is 4.91. The van der Waals surface area contributed by atoms with Crippen LogP contribution in [0.15, 0.2) is 16.6 Å². The van der Waals surface area contributed by atoms with E-state index in [0.29, 0.717) is 11.5 Å². The minimum Gasteiger partial charge on any atom is -0.493 e. The van der Waals surface area contributed by atoms with E-state index >= 15 is 0 Å². The van der Waals surface area contributed by atoms with Gasteiger partial charge in [0, 0.05) is 4.47 Å². The van der Waals surface area contributed by atoms with Crippen molar-refractivity contribution in [2.75, 3.05) is 7.11 Å². The summed E-state index contributed by atoms with van der Waals surface area (Å²) in [5.41, 5.74) is 6.39. The summed E-state index contributed by atoms with van der Waals surface area (Å²) in [4.78, 5) is 10.9. The van der Waals surface area contributed by atoms with E-state index < -0.39 is 12.0 Å². The molecule has 1 aromatic rings. The molecular weight excluding hydrogens is 326 g/mol. The summed E-state index contributed by atoms with van der Waals surface area (Å²) < 4.78 is 11.9. The number of halogens is 1. The highest BCUT2D eigenvalue weighted by molar-refractivity contribution is 9.10. The fourth-order valence-electron chi connectivity index (χ4n) is 1.98. The van der Waals surface area contributed by atoms with Crippen LogP contribution in [-0.4, -0.2) is 30.3 Å². The lowest BCUT2D eigenvalue weighted by Crippen LogP contribution is -2.32. The predicted octanol–water partition coefficient (Wildman–Crippen LogP) is 2.34. The molecule has 0 aliphatic heterocycles. The summed E-state index contributed by atoms with van der Waals surface area (Å²) in [6, 6.07) is 2.67. The Labute approximate surface area is 126 Å². The number of carboxylic acid groups (broad SMARTS) is 1. The first-order chi connectivity index (χ1) is 9.51. The fraction of sp³-hybridized carbons (Fsp3) is 0.500. The Morgan fingerprint density at radius 2 is 2.20 bits per heavy atom. The highest BCUT2D eigenvalue weighted by Crippen LogP contribution is 2.36. The molecule has 110 valence electrons. The normalized spacial score (nSPS) is 16.4. The second-order valence-corrected chi connectivity index (χ2v) is 5.77. The lowest BCUT2D eigenvalue weighted by Gasteiger charge is -2.27. The van der Waals surface area contributed by atoms with Crippen LogP contribution in [0.25, 0.3) is 0 Å². The molecule has 0 heterocycles. The number of benzene rings is 1. The van der Waals surface area contributed by atoms with Gasteiger partial charge in [0.1, 0.15) is 6.04 Å². The smallest absolute Gasteiger partial charge is 0.320 e. The zero-order valence-corrected chi connectivity index (χ0v) is 12.9. The molecule has 20 heavy (non-hydrogen) atoms. The molecule has 5 nitrogen and oxygen atoms in total. The average Bonchev–Trinajstić information content (AvgIpc) is 2.36. The molecule has 0 radical (unpaired) electrons. The zero-order valence-electron chi connectivity index (χ0n) is 11.3. The quantitative estimate of drug-likeness (QED) is 0.828. The molecule has 0 spiro atoms. The van der Waals surface area contributed by atoms with Crippen LogP contribution in [0.4, 0.5) is 0 Å². The Hall–Kier alpha value is -1.27. The van der Waals surface area contributed by atoms with Crippen LogP contribution in [0.2, 0.25) is 0 Å². The van der Waals surface area contributed by atoms with Crippen molar-refractivity contribution < 1.29 is 19.4 Å². The maximum atomic E-state index is 10.9. The van der Waals surface area contributed by atoms with Gasteiger partial charge < -0.3 is 20.3 Å². The van der Waals surface area contributed by atoms with E-state index in [-0.39, 0.29) is 12.5 Å². The topological polar surface area (TPSA) is 81.8 Å². The lowest BCUT2D eigenvalue weighted by molar-refractivity contribution is -0.138. The number of carboxylic acids is 1. The molecule has 2 rings (SSSR count). The van der Waals surface area contributed by atoms with E-state index in [4.69, 9.17) is 20.3 Å². The Balaban J connectivity index is 2.22. The lowest BCUT2D eigenvalue weighted by atomic mass is 9.96. The van der Waals surface area contributed by atoms with E-state index in [1.807, 2.05) is 6.07 Å². The van der Waals surface area contributed by atoms with Gasteiger partial charge in [-0.15, -0.1) is 0 Å². The Morgan fingerprint density at radius 3 is 2.70 bits per heavy atom. The monoisotopic (exact) mass is 343 g/mol. The third-order valence-corrected chi connectivity index (χ3v) is 4.17. The first-order valence-corrected chi connectivity index (χ1v) is 7.32. The number of methoxy groups -OCH3 is 1. The maximum absolute atomic E-state index is 10.9. The summed E-state index contributed by atoms with van der Waals surface area (Å²) >= 11 is 3.41. The van der Waals surface area contributed by atoms with Crippen LogP contribution in [0.1, 0.15) is 24.8 Å². The van der Waals surface area contributed by atoms with E-state index in [0.717, 1.165) is 22.9 Å². The van der Waals surface area contributed by atoms with Gasteiger partial charge in [0.2, 0.25) is 0 Å². The van der Waals surface area contributed by atoms with Crippen molar-refractivity contribution in [1.29, 1.82) is 0 Å². The first kappa shape index (κ1) is 15.1. The molecule has 1 unspecified atom stereocenters. The van der Waals surface area contributed by atoms with Crippen molar-refractivity contribution in [2.24, 2.45) is 5.73 Å². The van der Waals surface area contributed by atoms with Gasteiger partial charge in [0.05, 0.1) is 13.2 Å². The average molecular weight is 344 g/mol. The molecule has 3 N–H and O–H groups in total. The van der Waals surface area contributed by atoms with Crippen molar-refractivity contribution in [2.45, 2.75) is 37.8 Å². The molecular formula is C14H18BrNO4. The van der Waals surface area contributed by atoms with Gasteiger partial charge in [-0.1, -0.05) is 15.9 Å². The summed E-state index contributed by atoms with van der Waals surface area (Å²) in [5, 5.41) is 8.90. The predicted molar refractivity (Wildman–Crippen MR) is 78.3 cm³/mol. The van der Waals surface area contributed by atoms with E-state index in [1.165, 1.54) is 6.42 Å². The van der Waals surface area contributed by atoms with Crippen molar-refractivity contribution in [3.8, 4) is 11.5 Å². The zero-order chi connectivity index (χ0) is 14.7. The number of carbonyl (C=O) groups is 1. The highest BCUT2D eigenvalue weighted by Gasteiger charge is 2.22. The van der Waals surface area contributed by atoms with Gasteiger partial charge in [-0.25, -0.2) is 0 Å². The van der Waals surface area contributed by atoms with Crippen molar-refractivity contribution in [3.05, 3.63) is 22.2 Å². The first-order valence-electron chi connectivity index (χ1n) is 6.52. The van der Waals surface area contributed by atoms with Gasteiger partial charge in [0.25, 0.3) is 0 Å². The fourth-order valence-corrected chi connectivity index (χ4v) is 2.46. The van der Waals surface area contributed by atoms with Gasteiger partial charge in [-0.2, -0.15) is 0 Å². The number of rotatable bonds is 6. The van der Waals surface area contributed by atoms with Crippen LogP contribution in [-0.2, 0) is 11.2 Å². The molecule has 1 fully saturated rings. The largest absolute Gasteiger partial charge is 0.493 e. The number of aliphatic carboxylic acids is 1.